The molecule has 2 heterocycles. The molecule has 0 spiro atoms. The number of aromatic nitrogens is 2. The maximum Gasteiger partial charge on any atom is 0.234 e. The van der Waals surface area contributed by atoms with Gasteiger partial charge in [-0.15, -0.1) is 0 Å². The normalized spacial score (nSPS) is 18.8. The molecule has 1 N–H and O–H groups in total. The highest BCUT2D eigenvalue weighted by molar-refractivity contribution is 6.03. The van der Waals surface area contributed by atoms with Crippen LogP contribution in [0.1, 0.15) is 25.7 Å². The number of benzene rings is 2. The zero-order chi connectivity index (χ0) is 21.2. The van der Waals surface area contributed by atoms with Gasteiger partial charge in [0.25, 0.3) is 0 Å². The Bertz CT molecular complexity index is 1170. The Labute approximate surface area is 180 Å². The fourth-order valence-electron chi connectivity index (χ4n) is 4.21. The van der Waals surface area contributed by atoms with Gasteiger partial charge in [0.2, 0.25) is 11.6 Å². The number of fused-ring (bicyclic) bond motifs is 1. The van der Waals surface area contributed by atoms with Crippen LogP contribution in [0, 0.1) is 0 Å². The number of aliphatic hydroxyl groups is 1. The van der Waals surface area contributed by atoms with E-state index in [0.717, 1.165) is 52.8 Å². The fourth-order valence-corrected chi connectivity index (χ4v) is 4.21. The van der Waals surface area contributed by atoms with Crippen LogP contribution in [-0.2, 0) is 0 Å². The molecule has 2 atom stereocenters. The number of aliphatic hydroxyl groups excluding tert-OH is 1. The molecule has 1 aliphatic rings. The zero-order valence-electron chi connectivity index (χ0n) is 17.3. The molecule has 0 amide bonds. The quantitative estimate of drug-likeness (QED) is 0.479. The molecule has 1 fully saturated rings. The van der Waals surface area contributed by atoms with Crippen molar-refractivity contribution in [2.24, 2.45) is 0 Å². The SMILES string of the molecule is COc1ccc(-c2c(-c3ccccc3)oc3ncnc(O[C@@H]4CCC[C@@H](O)C4)c23)cc1. The number of hydrogen-bond acceptors (Lipinski definition) is 6. The van der Waals surface area contributed by atoms with Crippen molar-refractivity contribution in [2.75, 3.05) is 7.11 Å². The molecule has 0 aliphatic heterocycles. The van der Waals surface area contributed by atoms with Crippen LogP contribution >= 0.6 is 0 Å². The monoisotopic (exact) mass is 416 g/mol. The summed E-state index contributed by atoms with van der Waals surface area (Å²) in [6.45, 7) is 0. The van der Waals surface area contributed by atoms with E-state index in [2.05, 4.69) is 9.97 Å². The number of rotatable bonds is 5. The van der Waals surface area contributed by atoms with Crippen molar-refractivity contribution in [1.29, 1.82) is 0 Å². The lowest BCUT2D eigenvalue weighted by molar-refractivity contribution is 0.0522. The lowest BCUT2D eigenvalue weighted by Gasteiger charge is -2.26. The highest BCUT2D eigenvalue weighted by atomic mass is 16.5. The number of furan rings is 1. The molecule has 4 aromatic rings. The first-order valence-corrected chi connectivity index (χ1v) is 10.5. The molecule has 158 valence electrons. The molecule has 1 aliphatic carbocycles. The predicted molar refractivity (Wildman–Crippen MR) is 118 cm³/mol. The van der Waals surface area contributed by atoms with Crippen molar-refractivity contribution in [3.05, 3.63) is 60.9 Å². The molecule has 31 heavy (non-hydrogen) atoms. The lowest BCUT2D eigenvalue weighted by atomic mass is 9.95. The van der Waals surface area contributed by atoms with Gasteiger partial charge in [0, 0.05) is 17.5 Å². The summed E-state index contributed by atoms with van der Waals surface area (Å²) in [5.41, 5.74) is 3.27. The van der Waals surface area contributed by atoms with Gasteiger partial charge in [0.1, 0.15) is 29.3 Å². The number of hydrogen-bond donors (Lipinski definition) is 1. The third-order valence-electron chi connectivity index (χ3n) is 5.74. The molecule has 6 heteroatoms. The molecule has 0 saturated heterocycles. The first-order chi connectivity index (χ1) is 15.2. The van der Waals surface area contributed by atoms with Gasteiger partial charge >= 0.3 is 0 Å². The van der Waals surface area contributed by atoms with Gasteiger partial charge in [-0.1, -0.05) is 42.5 Å². The molecule has 6 nitrogen and oxygen atoms in total. The molecule has 0 unspecified atom stereocenters. The van der Waals surface area contributed by atoms with Crippen molar-refractivity contribution < 1.29 is 19.0 Å². The van der Waals surface area contributed by atoms with Crippen LogP contribution in [0.2, 0.25) is 0 Å². The summed E-state index contributed by atoms with van der Waals surface area (Å²) in [5, 5.41) is 10.8. The molecular weight excluding hydrogens is 392 g/mol. The van der Waals surface area contributed by atoms with Crippen LogP contribution in [0.4, 0.5) is 0 Å². The summed E-state index contributed by atoms with van der Waals surface area (Å²) < 4.78 is 17.9. The van der Waals surface area contributed by atoms with Gasteiger partial charge in [-0.05, 0) is 37.0 Å². The molecule has 2 aromatic carbocycles. The van der Waals surface area contributed by atoms with Gasteiger partial charge in [-0.25, -0.2) is 9.97 Å². The highest BCUT2D eigenvalue weighted by Crippen LogP contribution is 2.44. The second kappa shape index (κ2) is 8.40. The second-order valence-corrected chi connectivity index (χ2v) is 7.82. The summed E-state index contributed by atoms with van der Waals surface area (Å²) in [4.78, 5) is 8.84. The van der Waals surface area contributed by atoms with Crippen molar-refractivity contribution in [3.63, 3.8) is 0 Å². The minimum Gasteiger partial charge on any atom is -0.497 e. The number of methoxy groups -OCH3 is 1. The fraction of sp³-hybridized carbons (Fsp3) is 0.280. The van der Waals surface area contributed by atoms with Gasteiger partial charge in [-0.3, -0.25) is 0 Å². The van der Waals surface area contributed by atoms with E-state index >= 15 is 0 Å². The number of nitrogens with zero attached hydrogens (tertiary/aromatic N) is 2. The number of ether oxygens (including phenoxy) is 2. The smallest absolute Gasteiger partial charge is 0.234 e. The van der Waals surface area contributed by atoms with E-state index in [0.29, 0.717) is 18.0 Å². The van der Waals surface area contributed by atoms with Crippen LogP contribution in [-0.4, -0.2) is 34.4 Å². The first kappa shape index (κ1) is 19.6. The topological polar surface area (TPSA) is 77.6 Å². The molecule has 1 saturated carbocycles. The summed E-state index contributed by atoms with van der Waals surface area (Å²) in [5.74, 6) is 1.98. The van der Waals surface area contributed by atoms with Crippen molar-refractivity contribution in [3.8, 4) is 34.1 Å². The Morgan fingerprint density at radius 1 is 0.968 bits per heavy atom. The Morgan fingerprint density at radius 2 is 1.77 bits per heavy atom. The summed E-state index contributed by atoms with van der Waals surface area (Å²) >= 11 is 0. The predicted octanol–water partition coefficient (Wildman–Crippen LogP) is 5.25. The van der Waals surface area contributed by atoms with Crippen LogP contribution < -0.4 is 9.47 Å². The molecular formula is C25H24N2O4. The maximum absolute atomic E-state index is 10.1. The molecule has 2 aromatic heterocycles. The third kappa shape index (κ3) is 3.86. The highest BCUT2D eigenvalue weighted by Gasteiger charge is 2.27. The van der Waals surface area contributed by atoms with Gasteiger partial charge < -0.3 is 19.0 Å². The van der Waals surface area contributed by atoms with Crippen molar-refractivity contribution >= 4 is 11.1 Å². The van der Waals surface area contributed by atoms with Gasteiger partial charge in [-0.2, -0.15) is 0 Å². The summed E-state index contributed by atoms with van der Waals surface area (Å²) in [6, 6.07) is 17.8. The van der Waals surface area contributed by atoms with E-state index < -0.39 is 0 Å². The Hall–Kier alpha value is -3.38. The Balaban J connectivity index is 1.68. The van der Waals surface area contributed by atoms with Crippen LogP contribution in [0.3, 0.4) is 0 Å². The molecule has 0 radical (unpaired) electrons. The van der Waals surface area contributed by atoms with E-state index in [1.54, 1.807) is 7.11 Å². The van der Waals surface area contributed by atoms with E-state index in [4.69, 9.17) is 13.9 Å². The van der Waals surface area contributed by atoms with E-state index in [1.807, 2.05) is 54.6 Å². The maximum atomic E-state index is 10.1. The summed E-state index contributed by atoms with van der Waals surface area (Å²) in [6.07, 6.45) is 4.30. The van der Waals surface area contributed by atoms with Crippen LogP contribution in [0.5, 0.6) is 11.6 Å². The van der Waals surface area contributed by atoms with Gasteiger partial charge in [0.05, 0.1) is 13.2 Å². The van der Waals surface area contributed by atoms with Crippen molar-refractivity contribution in [1.82, 2.24) is 9.97 Å². The largest absolute Gasteiger partial charge is 0.497 e. The minimum atomic E-state index is -0.332. The average Bonchev–Trinajstić information content (AvgIpc) is 3.20. The third-order valence-corrected chi connectivity index (χ3v) is 5.74. The molecule has 5 rings (SSSR count). The average molecular weight is 416 g/mol. The van der Waals surface area contributed by atoms with Gasteiger partial charge in [0.15, 0.2) is 0 Å². The van der Waals surface area contributed by atoms with E-state index in [-0.39, 0.29) is 12.2 Å². The van der Waals surface area contributed by atoms with E-state index in [9.17, 15) is 5.11 Å². The summed E-state index contributed by atoms with van der Waals surface area (Å²) in [7, 11) is 1.65. The lowest BCUT2D eigenvalue weighted by Crippen LogP contribution is -2.28. The second-order valence-electron chi connectivity index (χ2n) is 7.82. The zero-order valence-corrected chi connectivity index (χ0v) is 17.3. The van der Waals surface area contributed by atoms with Crippen molar-refractivity contribution in [2.45, 2.75) is 37.9 Å². The van der Waals surface area contributed by atoms with Crippen LogP contribution in [0.25, 0.3) is 33.6 Å². The Morgan fingerprint density at radius 3 is 2.52 bits per heavy atom. The standard InChI is InChI=1S/C25H24N2O4/c1-29-19-12-10-16(11-13-19)21-22-24(30-20-9-5-8-18(28)14-20)26-15-27-25(22)31-23(21)17-6-3-2-4-7-17/h2-4,6-7,10-13,15,18,20,28H,5,8-9,14H2,1H3/t18-,20-/m1/s1. The van der Waals surface area contributed by atoms with E-state index in [1.165, 1.54) is 6.33 Å². The van der Waals surface area contributed by atoms with Crippen LogP contribution in [0.15, 0.2) is 65.3 Å². The minimum absolute atomic E-state index is 0.0827. The molecule has 0 bridgehead atoms. The Kier molecular flexibility index (Phi) is 5.30. The first-order valence-electron chi connectivity index (χ1n) is 10.5.